The summed E-state index contributed by atoms with van der Waals surface area (Å²) in [6.07, 6.45) is 11.6. The van der Waals surface area contributed by atoms with Crippen LogP contribution < -0.4 is 9.80 Å². The Morgan fingerprint density at radius 1 is 1.03 bits per heavy atom. The molecule has 9 heteroatoms. The Morgan fingerprint density at radius 2 is 1.94 bits per heavy atom. The van der Waals surface area contributed by atoms with Crippen LogP contribution in [0.4, 0.5) is 17.3 Å². The number of hydrogen-bond acceptors (Lipinski definition) is 8. The number of pyridine rings is 2. The fraction of sp³-hybridized carbons (Fsp3) is 0.375. The first kappa shape index (κ1) is 20.0. The van der Waals surface area contributed by atoms with Crippen LogP contribution in [0.15, 0.2) is 49.1 Å². The molecule has 0 bridgehead atoms. The summed E-state index contributed by atoms with van der Waals surface area (Å²) >= 11 is 0. The van der Waals surface area contributed by atoms with Crippen molar-refractivity contribution in [2.75, 3.05) is 29.4 Å². The predicted octanol–water partition coefficient (Wildman–Crippen LogP) is 3.41. The summed E-state index contributed by atoms with van der Waals surface area (Å²) in [5.41, 5.74) is 4.84. The second-order valence-corrected chi connectivity index (χ2v) is 8.56. The van der Waals surface area contributed by atoms with Gasteiger partial charge in [0, 0.05) is 38.2 Å². The molecule has 4 aromatic rings. The number of aromatic amines is 1. The van der Waals surface area contributed by atoms with Gasteiger partial charge in [-0.2, -0.15) is 5.10 Å². The molecule has 0 unspecified atom stereocenters. The van der Waals surface area contributed by atoms with Crippen LogP contribution in [0, 0.1) is 0 Å². The van der Waals surface area contributed by atoms with Crippen molar-refractivity contribution in [3.05, 3.63) is 60.3 Å². The van der Waals surface area contributed by atoms with Crippen molar-refractivity contribution in [3.63, 3.8) is 0 Å². The van der Waals surface area contributed by atoms with Crippen molar-refractivity contribution in [3.8, 4) is 0 Å². The highest BCUT2D eigenvalue weighted by atomic mass is 16.5. The van der Waals surface area contributed by atoms with Crippen molar-refractivity contribution in [1.29, 1.82) is 0 Å². The summed E-state index contributed by atoms with van der Waals surface area (Å²) in [6, 6.07) is 8.06. The van der Waals surface area contributed by atoms with E-state index in [2.05, 4.69) is 36.0 Å². The van der Waals surface area contributed by atoms with Gasteiger partial charge in [-0.05, 0) is 49.4 Å². The summed E-state index contributed by atoms with van der Waals surface area (Å²) in [5, 5.41) is 7.67. The summed E-state index contributed by atoms with van der Waals surface area (Å²) < 4.78 is 6.09. The van der Waals surface area contributed by atoms with Crippen LogP contribution in [0.25, 0.3) is 11.2 Å². The third-order valence-corrected chi connectivity index (χ3v) is 6.42. The molecule has 168 valence electrons. The normalized spacial score (nSPS) is 16.8. The maximum atomic E-state index is 6.09. The molecule has 0 saturated carbocycles. The van der Waals surface area contributed by atoms with Crippen LogP contribution in [0.3, 0.4) is 0 Å². The van der Waals surface area contributed by atoms with Crippen molar-refractivity contribution in [1.82, 2.24) is 30.1 Å². The zero-order chi connectivity index (χ0) is 22.0. The maximum Gasteiger partial charge on any atom is 0.183 e. The van der Waals surface area contributed by atoms with E-state index < -0.39 is 0 Å². The molecule has 4 aromatic heterocycles. The topological polar surface area (TPSA) is 96.0 Å². The Kier molecular flexibility index (Phi) is 5.31. The Balaban J connectivity index is 1.14. The Morgan fingerprint density at radius 3 is 2.82 bits per heavy atom. The number of anilines is 3. The molecular weight excluding hydrogens is 416 g/mol. The second-order valence-electron chi connectivity index (χ2n) is 8.56. The van der Waals surface area contributed by atoms with Gasteiger partial charge < -0.3 is 14.5 Å². The molecule has 2 aliphatic heterocycles. The summed E-state index contributed by atoms with van der Waals surface area (Å²) in [5.74, 6) is 1.70. The standard InChI is InChI=1S/C24H26N8O/c1-4-17(14-25-9-1)16-33-18-7-12-31(13-8-18)21-15-27-22-23(28-21)29-30-24(22)32-11-3-5-19-20(32)6-2-10-26-19/h1-2,4,6,9-10,14-15,18H,3,5,7-8,11-13,16H2,(H,28,29,30). The fourth-order valence-corrected chi connectivity index (χ4v) is 4.68. The van der Waals surface area contributed by atoms with Crippen LogP contribution in [0.2, 0.25) is 0 Å². The number of hydrogen-bond donors (Lipinski definition) is 1. The maximum absolute atomic E-state index is 6.09. The molecule has 0 amide bonds. The fourth-order valence-electron chi connectivity index (χ4n) is 4.68. The van der Waals surface area contributed by atoms with E-state index in [1.807, 2.05) is 36.8 Å². The summed E-state index contributed by atoms with van der Waals surface area (Å²) in [7, 11) is 0. The minimum Gasteiger partial charge on any atom is -0.373 e. The van der Waals surface area contributed by atoms with Gasteiger partial charge in [-0.25, -0.2) is 9.97 Å². The first-order valence-electron chi connectivity index (χ1n) is 11.5. The number of H-pyrrole nitrogens is 1. The Bertz CT molecular complexity index is 1240. The highest BCUT2D eigenvalue weighted by molar-refractivity contribution is 5.87. The van der Waals surface area contributed by atoms with Gasteiger partial charge in [-0.1, -0.05) is 6.07 Å². The quantitative estimate of drug-likeness (QED) is 0.502. The minimum absolute atomic E-state index is 0.254. The summed E-state index contributed by atoms with van der Waals surface area (Å²) in [6.45, 7) is 3.29. The number of aryl methyl sites for hydroxylation is 1. The molecule has 6 heterocycles. The molecule has 33 heavy (non-hydrogen) atoms. The Labute approximate surface area is 191 Å². The largest absolute Gasteiger partial charge is 0.373 e. The van der Waals surface area contributed by atoms with Gasteiger partial charge in [-0.3, -0.25) is 15.1 Å². The van der Waals surface area contributed by atoms with E-state index in [0.717, 1.165) is 79.4 Å². The molecule has 0 aromatic carbocycles. The van der Waals surface area contributed by atoms with E-state index in [4.69, 9.17) is 14.7 Å². The average Bonchev–Trinajstić information content (AvgIpc) is 3.31. The van der Waals surface area contributed by atoms with E-state index in [-0.39, 0.29) is 6.10 Å². The van der Waals surface area contributed by atoms with Crippen LogP contribution in [0.1, 0.15) is 30.5 Å². The first-order chi connectivity index (χ1) is 16.3. The van der Waals surface area contributed by atoms with Crippen molar-refractivity contribution < 1.29 is 4.74 Å². The monoisotopic (exact) mass is 442 g/mol. The van der Waals surface area contributed by atoms with Crippen LogP contribution >= 0.6 is 0 Å². The molecular formula is C24H26N8O. The van der Waals surface area contributed by atoms with Crippen LogP contribution in [0.5, 0.6) is 0 Å². The summed E-state index contributed by atoms with van der Waals surface area (Å²) in [4.78, 5) is 22.8. The van der Waals surface area contributed by atoms with Crippen molar-refractivity contribution in [2.24, 2.45) is 0 Å². The lowest BCUT2D eigenvalue weighted by Gasteiger charge is -2.32. The zero-order valence-corrected chi connectivity index (χ0v) is 18.4. The molecule has 0 radical (unpaired) electrons. The predicted molar refractivity (Wildman–Crippen MR) is 126 cm³/mol. The van der Waals surface area contributed by atoms with Gasteiger partial charge in [0.15, 0.2) is 17.0 Å². The van der Waals surface area contributed by atoms with Gasteiger partial charge in [0.2, 0.25) is 0 Å². The molecule has 1 fully saturated rings. The highest BCUT2D eigenvalue weighted by Gasteiger charge is 2.25. The van der Waals surface area contributed by atoms with Gasteiger partial charge >= 0.3 is 0 Å². The SMILES string of the molecule is c1cncc(COC2CCN(c3cnc4c(N5CCCc6ncccc65)n[nH]c4n3)CC2)c1. The lowest BCUT2D eigenvalue weighted by Crippen LogP contribution is -2.37. The molecule has 9 nitrogen and oxygen atoms in total. The van der Waals surface area contributed by atoms with Gasteiger partial charge in [-0.15, -0.1) is 0 Å². The molecule has 1 saturated heterocycles. The first-order valence-corrected chi connectivity index (χ1v) is 11.5. The smallest absolute Gasteiger partial charge is 0.183 e. The van der Waals surface area contributed by atoms with Crippen LogP contribution in [-0.4, -0.2) is 55.9 Å². The number of rotatable bonds is 5. The molecule has 1 N–H and O–H groups in total. The second kappa shape index (κ2) is 8.74. The molecule has 0 atom stereocenters. The molecule has 6 rings (SSSR count). The molecule has 0 aliphatic carbocycles. The Hall–Kier alpha value is -3.59. The minimum atomic E-state index is 0.254. The lowest BCUT2D eigenvalue weighted by atomic mass is 10.1. The van der Waals surface area contributed by atoms with E-state index in [9.17, 15) is 0 Å². The highest BCUT2D eigenvalue weighted by Crippen LogP contribution is 2.34. The zero-order valence-electron chi connectivity index (χ0n) is 18.4. The van der Waals surface area contributed by atoms with Crippen molar-refractivity contribution in [2.45, 2.75) is 38.4 Å². The number of piperidine rings is 1. The number of nitrogens with zero attached hydrogens (tertiary/aromatic N) is 7. The number of ether oxygens (including phenoxy) is 1. The average molecular weight is 443 g/mol. The third-order valence-electron chi connectivity index (χ3n) is 6.42. The number of fused-ring (bicyclic) bond motifs is 2. The third kappa shape index (κ3) is 4.00. The van der Waals surface area contributed by atoms with Crippen LogP contribution in [-0.2, 0) is 17.8 Å². The number of nitrogens with one attached hydrogen (secondary N) is 1. The van der Waals surface area contributed by atoms with E-state index in [1.165, 1.54) is 0 Å². The van der Waals surface area contributed by atoms with Gasteiger partial charge in [0.25, 0.3) is 0 Å². The van der Waals surface area contributed by atoms with E-state index in [1.54, 1.807) is 6.20 Å². The van der Waals surface area contributed by atoms with E-state index in [0.29, 0.717) is 12.3 Å². The molecule has 2 aliphatic rings. The van der Waals surface area contributed by atoms with Gasteiger partial charge in [0.1, 0.15) is 5.82 Å². The number of aromatic nitrogens is 6. The van der Waals surface area contributed by atoms with Crippen molar-refractivity contribution >= 4 is 28.5 Å². The van der Waals surface area contributed by atoms with Gasteiger partial charge in [0.05, 0.1) is 30.3 Å². The van der Waals surface area contributed by atoms with E-state index >= 15 is 0 Å². The molecule has 0 spiro atoms. The lowest BCUT2D eigenvalue weighted by molar-refractivity contribution is 0.0249.